The van der Waals surface area contributed by atoms with Gasteiger partial charge < -0.3 is 9.73 Å². The van der Waals surface area contributed by atoms with E-state index in [1.54, 1.807) is 4.90 Å². The van der Waals surface area contributed by atoms with E-state index in [9.17, 15) is 23.3 Å². The number of piperazine rings is 1. The highest BCUT2D eigenvalue weighted by atomic mass is 19.4. The largest absolute Gasteiger partial charge is 0.433 e. The average Bonchev–Trinajstić information content (AvgIpc) is 2.85. The molecule has 0 spiro atoms. The molecule has 0 bridgehead atoms. The van der Waals surface area contributed by atoms with Crippen molar-refractivity contribution in [1.29, 1.82) is 0 Å². The molecule has 1 aliphatic rings. The molecule has 1 aromatic heterocycles. The van der Waals surface area contributed by atoms with Crippen LogP contribution in [0.1, 0.15) is 18.2 Å². The smallest absolute Gasteiger partial charge is 0.404 e. The van der Waals surface area contributed by atoms with Gasteiger partial charge in [0.1, 0.15) is 10.7 Å². The Kier molecular flexibility index (Phi) is 4.29. The summed E-state index contributed by atoms with van der Waals surface area (Å²) in [4.78, 5) is 11.4. The van der Waals surface area contributed by atoms with Crippen molar-refractivity contribution in [1.82, 2.24) is 10.2 Å². The first-order valence-corrected chi connectivity index (χ1v) is 6.12. The SMILES string of the molecule is O=[N+]([O-])c1ccc([C@H](CC(F)(F)F)N2CCNCC2)o1. The maximum atomic E-state index is 12.7. The lowest BCUT2D eigenvalue weighted by Gasteiger charge is -2.34. The Morgan fingerprint density at radius 1 is 1.40 bits per heavy atom. The third kappa shape index (κ3) is 3.70. The van der Waals surface area contributed by atoms with Crippen molar-refractivity contribution in [2.24, 2.45) is 0 Å². The number of hydrogen-bond donors (Lipinski definition) is 1. The van der Waals surface area contributed by atoms with Crippen LogP contribution in [0.15, 0.2) is 16.5 Å². The highest BCUT2D eigenvalue weighted by Gasteiger charge is 2.38. The minimum atomic E-state index is -4.36. The van der Waals surface area contributed by atoms with Gasteiger partial charge >= 0.3 is 12.1 Å². The molecule has 0 radical (unpaired) electrons. The molecule has 1 atom stereocenters. The maximum Gasteiger partial charge on any atom is 0.433 e. The molecule has 1 fully saturated rings. The van der Waals surface area contributed by atoms with E-state index in [0.29, 0.717) is 26.2 Å². The number of hydrogen-bond acceptors (Lipinski definition) is 5. The summed E-state index contributed by atoms with van der Waals surface area (Å²) in [5.74, 6) is -0.557. The van der Waals surface area contributed by atoms with Crippen LogP contribution >= 0.6 is 0 Å². The van der Waals surface area contributed by atoms with Gasteiger partial charge in [0.05, 0.1) is 18.5 Å². The van der Waals surface area contributed by atoms with Gasteiger partial charge in [-0.3, -0.25) is 15.0 Å². The molecular weight excluding hydrogens is 279 g/mol. The lowest BCUT2D eigenvalue weighted by atomic mass is 10.1. The van der Waals surface area contributed by atoms with E-state index >= 15 is 0 Å². The average molecular weight is 293 g/mol. The minimum Gasteiger partial charge on any atom is -0.404 e. The van der Waals surface area contributed by atoms with Crippen molar-refractivity contribution in [3.8, 4) is 0 Å². The van der Waals surface area contributed by atoms with Crippen molar-refractivity contribution < 1.29 is 22.5 Å². The Bertz CT molecular complexity index is 469. The number of nitrogens with zero attached hydrogens (tertiary/aromatic N) is 2. The molecule has 1 aromatic rings. The lowest BCUT2D eigenvalue weighted by Crippen LogP contribution is -2.46. The van der Waals surface area contributed by atoms with Crippen LogP contribution in [-0.4, -0.2) is 42.2 Å². The zero-order chi connectivity index (χ0) is 14.8. The summed E-state index contributed by atoms with van der Waals surface area (Å²) >= 11 is 0. The van der Waals surface area contributed by atoms with Gasteiger partial charge in [0.25, 0.3) is 0 Å². The molecule has 1 saturated heterocycles. The van der Waals surface area contributed by atoms with Crippen LogP contribution in [0.25, 0.3) is 0 Å². The van der Waals surface area contributed by atoms with E-state index in [4.69, 9.17) is 4.42 Å². The topological polar surface area (TPSA) is 71.6 Å². The van der Waals surface area contributed by atoms with Crippen LogP contribution < -0.4 is 5.32 Å². The summed E-state index contributed by atoms with van der Waals surface area (Å²) in [5, 5.41) is 13.6. The Morgan fingerprint density at radius 3 is 2.55 bits per heavy atom. The third-order valence-corrected chi connectivity index (χ3v) is 3.14. The standard InChI is InChI=1S/C11H14F3N3O3/c12-11(13,14)7-8(16-5-3-15-4-6-16)9-1-2-10(20-9)17(18)19/h1-2,8,15H,3-7H2/t8-/m0/s1. The normalized spacial score (nSPS) is 18.9. The number of furan rings is 1. The molecule has 0 unspecified atom stereocenters. The van der Waals surface area contributed by atoms with Gasteiger partial charge in [0.15, 0.2) is 0 Å². The molecule has 2 heterocycles. The zero-order valence-corrected chi connectivity index (χ0v) is 10.5. The van der Waals surface area contributed by atoms with E-state index in [0.717, 1.165) is 6.07 Å². The van der Waals surface area contributed by atoms with Gasteiger partial charge in [-0.25, -0.2) is 0 Å². The molecular formula is C11H14F3N3O3. The van der Waals surface area contributed by atoms with Gasteiger partial charge in [0.2, 0.25) is 0 Å². The van der Waals surface area contributed by atoms with Gasteiger partial charge in [-0.05, 0) is 6.07 Å². The van der Waals surface area contributed by atoms with Crippen LogP contribution in [0.5, 0.6) is 0 Å². The van der Waals surface area contributed by atoms with Crippen LogP contribution in [0, 0.1) is 10.1 Å². The number of rotatable bonds is 4. The van der Waals surface area contributed by atoms with Gasteiger partial charge in [-0.1, -0.05) is 0 Å². The van der Waals surface area contributed by atoms with Gasteiger partial charge in [-0.2, -0.15) is 13.2 Å². The lowest BCUT2D eigenvalue weighted by molar-refractivity contribution is -0.402. The molecule has 20 heavy (non-hydrogen) atoms. The molecule has 0 aromatic carbocycles. The van der Waals surface area contributed by atoms with Gasteiger partial charge in [0, 0.05) is 26.2 Å². The van der Waals surface area contributed by atoms with Crippen LogP contribution in [0.3, 0.4) is 0 Å². The predicted octanol–water partition coefficient (Wildman–Crippen LogP) is 2.09. The molecule has 0 aliphatic carbocycles. The predicted molar refractivity (Wildman–Crippen MR) is 63.2 cm³/mol. The summed E-state index contributed by atoms with van der Waals surface area (Å²) < 4.78 is 43.0. The van der Waals surface area contributed by atoms with E-state index in [2.05, 4.69) is 5.32 Å². The van der Waals surface area contributed by atoms with E-state index in [-0.39, 0.29) is 5.76 Å². The van der Waals surface area contributed by atoms with Crippen LogP contribution in [-0.2, 0) is 0 Å². The fraction of sp³-hybridized carbons (Fsp3) is 0.636. The molecule has 0 amide bonds. The molecule has 112 valence electrons. The molecule has 9 heteroatoms. The third-order valence-electron chi connectivity index (χ3n) is 3.14. The summed E-state index contributed by atoms with van der Waals surface area (Å²) in [6.45, 7) is 2.04. The number of nitrogens with one attached hydrogen (secondary N) is 1. The number of halogens is 3. The second-order valence-corrected chi connectivity index (χ2v) is 4.55. The first kappa shape index (κ1) is 14.8. The Morgan fingerprint density at radius 2 is 2.05 bits per heavy atom. The highest BCUT2D eigenvalue weighted by molar-refractivity contribution is 5.20. The number of alkyl halides is 3. The molecule has 1 N–H and O–H groups in total. The fourth-order valence-corrected chi connectivity index (χ4v) is 2.24. The Balaban J connectivity index is 2.21. The quantitative estimate of drug-likeness (QED) is 0.680. The van der Waals surface area contributed by atoms with Crippen molar-refractivity contribution in [3.05, 3.63) is 28.0 Å². The number of nitro groups is 1. The molecule has 2 rings (SSSR count). The molecule has 0 saturated carbocycles. The second-order valence-electron chi connectivity index (χ2n) is 4.55. The molecule has 1 aliphatic heterocycles. The minimum absolute atomic E-state index is 0.0177. The fourth-order valence-electron chi connectivity index (χ4n) is 2.24. The van der Waals surface area contributed by atoms with Crippen LogP contribution in [0.2, 0.25) is 0 Å². The van der Waals surface area contributed by atoms with Crippen molar-refractivity contribution in [2.45, 2.75) is 18.6 Å². The summed E-state index contributed by atoms with van der Waals surface area (Å²) in [6, 6.07) is 1.31. The van der Waals surface area contributed by atoms with Crippen molar-refractivity contribution in [2.75, 3.05) is 26.2 Å². The van der Waals surface area contributed by atoms with E-state index in [1.807, 2.05) is 0 Å². The van der Waals surface area contributed by atoms with E-state index in [1.165, 1.54) is 6.07 Å². The zero-order valence-electron chi connectivity index (χ0n) is 10.5. The molecule has 6 nitrogen and oxygen atoms in total. The van der Waals surface area contributed by atoms with Crippen molar-refractivity contribution >= 4 is 5.88 Å². The highest BCUT2D eigenvalue weighted by Crippen LogP contribution is 2.35. The summed E-state index contributed by atoms with van der Waals surface area (Å²) in [5.41, 5.74) is 0. The Hall–Kier alpha value is -1.61. The van der Waals surface area contributed by atoms with Crippen molar-refractivity contribution in [3.63, 3.8) is 0 Å². The first-order valence-electron chi connectivity index (χ1n) is 6.12. The maximum absolute atomic E-state index is 12.7. The monoisotopic (exact) mass is 293 g/mol. The Labute approximate surface area is 112 Å². The second kappa shape index (κ2) is 5.80. The van der Waals surface area contributed by atoms with Gasteiger partial charge in [-0.15, -0.1) is 0 Å². The summed E-state index contributed by atoms with van der Waals surface area (Å²) in [7, 11) is 0. The first-order chi connectivity index (χ1) is 9.37. The van der Waals surface area contributed by atoms with E-state index < -0.39 is 29.4 Å². The van der Waals surface area contributed by atoms with Crippen LogP contribution in [0.4, 0.5) is 19.1 Å². The summed E-state index contributed by atoms with van der Waals surface area (Å²) in [6.07, 6.45) is -5.45.